The van der Waals surface area contributed by atoms with Crippen molar-refractivity contribution in [1.82, 2.24) is 10.6 Å². The standard InChI is InChI=1S/C13H20N2/c1-10-3-4-12(11(2)7-10)8-13-9-14-5-6-15-13/h3-4,7,13-15H,5-6,8-9H2,1-2H3. The van der Waals surface area contributed by atoms with Crippen LogP contribution in [0, 0.1) is 13.8 Å². The predicted molar refractivity (Wildman–Crippen MR) is 64.3 cm³/mol. The van der Waals surface area contributed by atoms with Crippen LogP contribution in [0.15, 0.2) is 18.2 Å². The number of aryl methyl sites for hydroxylation is 2. The van der Waals surface area contributed by atoms with Crippen molar-refractivity contribution < 1.29 is 0 Å². The minimum atomic E-state index is 0.597. The van der Waals surface area contributed by atoms with E-state index in [0.717, 1.165) is 26.1 Å². The van der Waals surface area contributed by atoms with Gasteiger partial charge in [-0.1, -0.05) is 23.8 Å². The van der Waals surface area contributed by atoms with Crippen LogP contribution in [0.3, 0.4) is 0 Å². The second-order valence-corrected chi connectivity index (χ2v) is 4.49. The Morgan fingerprint density at radius 2 is 2.13 bits per heavy atom. The Hall–Kier alpha value is -0.860. The van der Waals surface area contributed by atoms with Crippen LogP contribution < -0.4 is 10.6 Å². The van der Waals surface area contributed by atoms with Crippen molar-refractivity contribution in [1.29, 1.82) is 0 Å². The molecule has 0 aromatic heterocycles. The zero-order valence-corrected chi connectivity index (χ0v) is 9.64. The summed E-state index contributed by atoms with van der Waals surface area (Å²) in [5, 5.41) is 6.97. The molecule has 1 aliphatic rings. The van der Waals surface area contributed by atoms with Crippen molar-refractivity contribution in [3.8, 4) is 0 Å². The Morgan fingerprint density at radius 3 is 2.80 bits per heavy atom. The number of piperazine rings is 1. The Balaban J connectivity index is 2.03. The summed E-state index contributed by atoms with van der Waals surface area (Å²) in [5.74, 6) is 0. The van der Waals surface area contributed by atoms with Crippen LogP contribution >= 0.6 is 0 Å². The van der Waals surface area contributed by atoms with E-state index in [0.29, 0.717) is 6.04 Å². The quantitative estimate of drug-likeness (QED) is 0.761. The Labute approximate surface area is 92.1 Å². The third-order valence-electron chi connectivity index (χ3n) is 3.09. The molecule has 1 atom stereocenters. The highest BCUT2D eigenvalue weighted by molar-refractivity contribution is 5.31. The van der Waals surface area contributed by atoms with Crippen LogP contribution in [0.4, 0.5) is 0 Å². The first-order valence-corrected chi connectivity index (χ1v) is 5.76. The van der Waals surface area contributed by atoms with E-state index in [-0.39, 0.29) is 0 Å². The minimum Gasteiger partial charge on any atom is -0.314 e. The zero-order chi connectivity index (χ0) is 10.7. The molecule has 1 saturated heterocycles. The number of nitrogens with one attached hydrogen (secondary N) is 2. The van der Waals surface area contributed by atoms with Crippen LogP contribution in [-0.2, 0) is 6.42 Å². The molecule has 1 fully saturated rings. The van der Waals surface area contributed by atoms with Gasteiger partial charge in [0.15, 0.2) is 0 Å². The fraction of sp³-hybridized carbons (Fsp3) is 0.538. The Bertz CT molecular complexity index is 327. The smallest absolute Gasteiger partial charge is 0.0233 e. The normalized spacial score (nSPS) is 21.6. The van der Waals surface area contributed by atoms with Crippen LogP contribution in [0.1, 0.15) is 16.7 Å². The monoisotopic (exact) mass is 204 g/mol. The van der Waals surface area contributed by atoms with E-state index in [9.17, 15) is 0 Å². The highest BCUT2D eigenvalue weighted by atomic mass is 15.0. The number of rotatable bonds is 2. The van der Waals surface area contributed by atoms with Crippen molar-refractivity contribution in [3.63, 3.8) is 0 Å². The summed E-state index contributed by atoms with van der Waals surface area (Å²) in [6.07, 6.45) is 1.14. The van der Waals surface area contributed by atoms with Crippen molar-refractivity contribution >= 4 is 0 Å². The highest BCUT2D eigenvalue weighted by Gasteiger charge is 2.13. The molecule has 82 valence electrons. The van der Waals surface area contributed by atoms with Gasteiger partial charge in [-0.2, -0.15) is 0 Å². The van der Waals surface area contributed by atoms with Gasteiger partial charge in [-0.15, -0.1) is 0 Å². The summed E-state index contributed by atoms with van der Waals surface area (Å²) in [4.78, 5) is 0. The Kier molecular flexibility index (Phi) is 3.39. The first-order valence-electron chi connectivity index (χ1n) is 5.76. The summed E-state index contributed by atoms with van der Waals surface area (Å²) in [7, 11) is 0. The fourth-order valence-corrected chi connectivity index (χ4v) is 2.20. The van der Waals surface area contributed by atoms with Crippen LogP contribution in [0.25, 0.3) is 0 Å². The first-order chi connectivity index (χ1) is 7.25. The van der Waals surface area contributed by atoms with E-state index >= 15 is 0 Å². The van der Waals surface area contributed by atoms with Gasteiger partial charge in [0.05, 0.1) is 0 Å². The summed E-state index contributed by atoms with van der Waals surface area (Å²) in [5.41, 5.74) is 4.25. The van der Waals surface area contributed by atoms with E-state index in [1.54, 1.807) is 0 Å². The van der Waals surface area contributed by atoms with Gasteiger partial charge in [0.1, 0.15) is 0 Å². The van der Waals surface area contributed by atoms with Gasteiger partial charge in [-0.05, 0) is 31.4 Å². The predicted octanol–water partition coefficient (Wildman–Crippen LogP) is 1.41. The van der Waals surface area contributed by atoms with Crippen molar-refractivity contribution in [2.75, 3.05) is 19.6 Å². The highest BCUT2D eigenvalue weighted by Crippen LogP contribution is 2.12. The molecule has 1 aromatic carbocycles. The van der Waals surface area contributed by atoms with Crippen molar-refractivity contribution in [3.05, 3.63) is 34.9 Å². The van der Waals surface area contributed by atoms with Crippen LogP contribution in [0.5, 0.6) is 0 Å². The second kappa shape index (κ2) is 4.77. The van der Waals surface area contributed by atoms with Crippen LogP contribution in [-0.4, -0.2) is 25.7 Å². The molecule has 0 saturated carbocycles. The molecular formula is C13H20N2. The summed E-state index contributed by atoms with van der Waals surface area (Å²) in [6, 6.07) is 7.34. The molecule has 1 aliphatic heterocycles. The van der Waals surface area contributed by atoms with E-state index in [4.69, 9.17) is 0 Å². The van der Waals surface area contributed by atoms with Gasteiger partial charge in [0, 0.05) is 25.7 Å². The molecule has 15 heavy (non-hydrogen) atoms. The third kappa shape index (κ3) is 2.80. The van der Waals surface area contributed by atoms with Gasteiger partial charge in [0.2, 0.25) is 0 Å². The van der Waals surface area contributed by atoms with E-state index in [2.05, 4.69) is 42.7 Å². The molecule has 1 heterocycles. The lowest BCUT2D eigenvalue weighted by Crippen LogP contribution is -2.49. The second-order valence-electron chi connectivity index (χ2n) is 4.49. The van der Waals surface area contributed by atoms with E-state index in [1.165, 1.54) is 16.7 Å². The average Bonchev–Trinajstić information content (AvgIpc) is 2.24. The maximum absolute atomic E-state index is 3.55. The molecular weight excluding hydrogens is 184 g/mol. The molecule has 0 amide bonds. The van der Waals surface area contributed by atoms with Gasteiger partial charge in [-0.25, -0.2) is 0 Å². The van der Waals surface area contributed by atoms with E-state index < -0.39 is 0 Å². The minimum absolute atomic E-state index is 0.597. The van der Waals surface area contributed by atoms with Gasteiger partial charge in [-0.3, -0.25) is 0 Å². The number of hydrogen-bond acceptors (Lipinski definition) is 2. The van der Waals surface area contributed by atoms with Crippen molar-refractivity contribution in [2.45, 2.75) is 26.3 Å². The van der Waals surface area contributed by atoms with Crippen LogP contribution in [0.2, 0.25) is 0 Å². The molecule has 2 rings (SSSR count). The Morgan fingerprint density at radius 1 is 1.27 bits per heavy atom. The molecule has 0 spiro atoms. The molecule has 2 N–H and O–H groups in total. The topological polar surface area (TPSA) is 24.1 Å². The molecule has 1 unspecified atom stereocenters. The summed E-state index contributed by atoms with van der Waals surface area (Å²) < 4.78 is 0. The SMILES string of the molecule is Cc1ccc(CC2CNCCN2)c(C)c1. The van der Waals surface area contributed by atoms with Gasteiger partial charge in [0.25, 0.3) is 0 Å². The molecule has 2 nitrogen and oxygen atoms in total. The third-order valence-corrected chi connectivity index (χ3v) is 3.09. The van der Waals surface area contributed by atoms with E-state index in [1.807, 2.05) is 0 Å². The molecule has 0 aliphatic carbocycles. The maximum atomic E-state index is 3.55. The molecule has 0 radical (unpaired) electrons. The number of hydrogen-bond donors (Lipinski definition) is 2. The lowest BCUT2D eigenvalue weighted by atomic mass is 9.98. The fourth-order valence-electron chi connectivity index (χ4n) is 2.20. The first kappa shape index (κ1) is 10.7. The number of benzene rings is 1. The summed E-state index contributed by atoms with van der Waals surface area (Å²) in [6.45, 7) is 7.64. The molecule has 0 bridgehead atoms. The lowest BCUT2D eigenvalue weighted by molar-refractivity contribution is 0.416. The largest absolute Gasteiger partial charge is 0.314 e. The summed E-state index contributed by atoms with van der Waals surface area (Å²) >= 11 is 0. The zero-order valence-electron chi connectivity index (χ0n) is 9.64. The molecule has 2 heteroatoms. The van der Waals surface area contributed by atoms with Gasteiger partial charge >= 0.3 is 0 Å². The maximum Gasteiger partial charge on any atom is 0.0233 e. The molecule has 1 aromatic rings. The van der Waals surface area contributed by atoms with Crippen molar-refractivity contribution in [2.24, 2.45) is 0 Å². The van der Waals surface area contributed by atoms with Gasteiger partial charge < -0.3 is 10.6 Å². The lowest BCUT2D eigenvalue weighted by Gasteiger charge is -2.25. The average molecular weight is 204 g/mol.